The minimum absolute atomic E-state index is 0.00214. The zero-order valence-electron chi connectivity index (χ0n) is 15.5. The summed E-state index contributed by atoms with van der Waals surface area (Å²) in [6.07, 6.45) is 0.134. The van der Waals surface area contributed by atoms with Crippen LogP contribution < -0.4 is 4.90 Å². The Balaban J connectivity index is 1.66. The number of hydrogen-bond donors (Lipinski definition) is 0. The van der Waals surface area contributed by atoms with Crippen molar-refractivity contribution in [2.45, 2.75) is 24.6 Å². The van der Waals surface area contributed by atoms with Gasteiger partial charge in [0.15, 0.2) is 15.0 Å². The number of thioether (sulfide) groups is 1. The molecule has 0 saturated carbocycles. The van der Waals surface area contributed by atoms with Crippen LogP contribution in [-0.2, 0) is 21.1 Å². The van der Waals surface area contributed by atoms with Crippen LogP contribution in [-0.4, -0.2) is 42.3 Å². The highest BCUT2D eigenvalue weighted by atomic mass is 79.9. The molecule has 2 aromatic carbocycles. The number of sulfone groups is 1. The summed E-state index contributed by atoms with van der Waals surface area (Å²) in [5.41, 5.74) is 2.18. The maximum atomic E-state index is 14.7. The monoisotopic (exact) mass is 496 g/mol. The Labute approximate surface area is 181 Å². The number of carbonyl (C=O) groups is 1. The maximum absolute atomic E-state index is 14.7. The standard InChI is InChI=1S/C20H18BrFN2O3S2/c1-12-2-4-13(5-3-12)8-19(25)23-20-24(16-7-6-14(21)9-15(16)22)17-10-29(26,27)11-18(17)28-20/h2-7,9,17-18H,8,10-11H2,1H3/t17-,18+/m1/s1. The lowest BCUT2D eigenvalue weighted by atomic mass is 10.1. The second kappa shape index (κ2) is 7.85. The first kappa shape index (κ1) is 20.6. The third-order valence-electron chi connectivity index (χ3n) is 4.93. The first-order valence-corrected chi connectivity index (χ1v) is 12.5. The highest BCUT2D eigenvalue weighted by Gasteiger charge is 2.50. The van der Waals surface area contributed by atoms with Crippen molar-refractivity contribution < 1.29 is 17.6 Å². The van der Waals surface area contributed by atoms with Crippen LogP contribution in [0.5, 0.6) is 0 Å². The van der Waals surface area contributed by atoms with Gasteiger partial charge in [-0.05, 0) is 30.7 Å². The van der Waals surface area contributed by atoms with Gasteiger partial charge in [-0.3, -0.25) is 4.79 Å². The number of amides is 1. The SMILES string of the molecule is Cc1ccc(CC(=O)N=C2S[C@H]3CS(=O)(=O)C[C@H]3N2c2ccc(Br)cc2F)cc1. The molecule has 2 saturated heterocycles. The van der Waals surface area contributed by atoms with E-state index in [0.717, 1.165) is 11.1 Å². The number of anilines is 1. The highest BCUT2D eigenvalue weighted by Crippen LogP contribution is 2.42. The van der Waals surface area contributed by atoms with E-state index in [9.17, 15) is 17.6 Å². The number of benzene rings is 2. The van der Waals surface area contributed by atoms with E-state index in [1.165, 1.54) is 17.8 Å². The molecule has 29 heavy (non-hydrogen) atoms. The Bertz CT molecular complexity index is 1100. The molecule has 2 aromatic rings. The van der Waals surface area contributed by atoms with Crippen molar-refractivity contribution >= 4 is 54.3 Å². The third-order valence-corrected chi connectivity index (χ3v) is 8.64. The molecular weight excluding hydrogens is 479 g/mol. The van der Waals surface area contributed by atoms with Gasteiger partial charge in [-0.25, -0.2) is 12.8 Å². The largest absolute Gasteiger partial charge is 0.313 e. The van der Waals surface area contributed by atoms with E-state index in [2.05, 4.69) is 20.9 Å². The molecular formula is C20H18BrFN2O3S2. The summed E-state index contributed by atoms with van der Waals surface area (Å²) in [5.74, 6) is -0.918. The average molecular weight is 497 g/mol. The number of hydrogen-bond acceptors (Lipinski definition) is 4. The zero-order chi connectivity index (χ0) is 20.8. The summed E-state index contributed by atoms with van der Waals surface area (Å²) in [4.78, 5) is 18.4. The van der Waals surface area contributed by atoms with Crippen molar-refractivity contribution in [3.63, 3.8) is 0 Å². The number of nitrogens with zero attached hydrogens (tertiary/aromatic N) is 2. The predicted octanol–water partition coefficient (Wildman–Crippen LogP) is 3.74. The predicted molar refractivity (Wildman–Crippen MR) is 118 cm³/mol. The minimum Gasteiger partial charge on any atom is -0.313 e. The van der Waals surface area contributed by atoms with Crippen molar-refractivity contribution in [3.8, 4) is 0 Å². The fraction of sp³-hybridized carbons (Fsp3) is 0.300. The molecule has 0 radical (unpaired) electrons. The average Bonchev–Trinajstić information content (AvgIpc) is 3.08. The summed E-state index contributed by atoms with van der Waals surface area (Å²) in [7, 11) is -3.21. The molecule has 0 unspecified atom stereocenters. The summed E-state index contributed by atoms with van der Waals surface area (Å²) >= 11 is 4.47. The molecule has 2 atom stereocenters. The molecule has 0 aromatic heterocycles. The molecule has 2 aliphatic rings. The number of carbonyl (C=O) groups excluding carboxylic acids is 1. The normalized spacial score (nSPS) is 24.1. The van der Waals surface area contributed by atoms with Crippen LogP contribution in [0.15, 0.2) is 51.9 Å². The summed E-state index contributed by atoms with van der Waals surface area (Å²) in [6, 6.07) is 11.8. The first-order chi connectivity index (χ1) is 13.7. The van der Waals surface area contributed by atoms with Gasteiger partial charge in [0.2, 0.25) is 0 Å². The van der Waals surface area contributed by atoms with Crippen LogP contribution in [0.2, 0.25) is 0 Å². The van der Waals surface area contributed by atoms with Gasteiger partial charge in [0, 0.05) is 9.72 Å². The minimum atomic E-state index is -3.21. The van der Waals surface area contributed by atoms with Gasteiger partial charge in [-0.15, -0.1) is 0 Å². The lowest BCUT2D eigenvalue weighted by Crippen LogP contribution is -2.38. The van der Waals surface area contributed by atoms with Crippen molar-refractivity contribution in [1.29, 1.82) is 0 Å². The molecule has 1 amide bonds. The van der Waals surface area contributed by atoms with E-state index in [0.29, 0.717) is 9.64 Å². The first-order valence-electron chi connectivity index (χ1n) is 9.00. The van der Waals surface area contributed by atoms with Crippen molar-refractivity contribution in [2.24, 2.45) is 4.99 Å². The molecule has 0 aliphatic carbocycles. The fourth-order valence-corrected chi connectivity index (χ4v) is 7.81. The van der Waals surface area contributed by atoms with Crippen LogP contribution in [0.4, 0.5) is 10.1 Å². The summed E-state index contributed by atoms with van der Waals surface area (Å²) < 4.78 is 39.5. The Morgan fingerprint density at radius 1 is 1.24 bits per heavy atom. The Morgan fingerprint density at radius 2 is 1.97 bits per heavy atom. The van der Waals surface area contributed by atoms with Gasteiger partial charge in [-0.1, -0.05) is 57.5 Å². The van der Waals surface area contributed by atoms with Crippen LogP contribution in [0.1, 0.15) is 11.1 Å². The van der Waals surface area contributed by atoms with E-state index < -0.39 is 21.7 Å². The highest BCUT2D eigenvalue weighted by molar-refractivity contribution is 9.10. The van der Waals surface area contributed by atoms with Gasteiger partial charge in [0.1, 0.15) is 5.82 Å². The Hall–Kier alpha value is -1.71. The Morgan fingerprint density at radius 3 is 2.66 bits per heavy atom. The quantitative estimate of drug-likeness (QED) is 0.647. The number of fused-ring (bicyclic) bond motifs is 1. The molecule has 2 heterocycles. The van der Waals surface area contributed by atoms with E-state index in [-0.39, 0.29) is 34.8 Å². The molecule has 2 aliphatic heterocycles. The number of amidine groups is 1. The lowest BCUT2D eigenvalue weighted by molar-refractivity contribution is -0.117. The molecule has 9 heteroatoms. The molecule has 4 rings (SSSR count). The smallest absolute Gasteiger partial charge is 0.252 e. The topological polar surface area (TPSA) is 66.8 Å². The zero-order valence-corrected chi connectivity index (χ0v) is 18.7. The van der Waals surface area contributed by atoms with Crippen molar-refractivity contribution in [1.82, 2.24) is 0 Å². The molecule has 5 nitrogen and oxygen atoms in total. The van der Waals surface area contributed by atoms with Crippen LogP contribution in [0.3, 0.4) is 0 Å². The lowest BCUT2D eigenvalue weighted by Gasteiger charge is -2.25. The van der Waals surface area contributed by atoms with E-state index in [1.807, 2.05) is 31.2 Å². The fourth-order valence-electron chi connectivity index (χ4n) is 3.55. The van der Waals surface area contributed by atoms with Gasteiger partial charge >= 0.3 is 0 Å². The van der Waals surface area contributed by atoms with Crippen LogP contribution in [0, 0.1) is 12.7 Å². The molecule has 0 spiro atoms. The Kier molecular flexibility index (Phi) is 5.56. The molecule has 2 fully saturated rings. The number of halogens is 2. The third kappa shape index (κ3) is 4.41. The second-order valence-electron chi connectivity index (χ2n) is 7.22. The number of aryl methyl sites for hydroxylation is 1. The van der Waals surface area contributed by atoms with Gasteiger partial charge in [-0.2, -0.15) is 4.99 Å². The summed E-state index contributed by atoms with van der Waals surface area (Å²) in [6.45, 7) is 1.97. The van der Waals surface area contributed by atoms with Crippen LogP contribution in [0.25, 0.3) is 0 Å². The van der Waals surface area contributed by atoms with Gasteiger partial charge < -0.3 is 4.90 Å². The van der Waals surface area contributed by atoms with Crippen molar-refractivity contribution in [3.05, 3.63) is 63.9 Å². The van der Waals surface area contributed by atoms with E-state index >= 15 is 0 Å². The van der Waals surface area contributed by atoms with Gasteiger partial charge in [0.05, 0.1) is 29.7 Å². The molecule has 152 valence electrons. The summed E-state index contributed by atoms with van der Waals surface area (Å²) in [5, 5.41) is 0.0854. The van der Waals surface area contributed by atoms with Crippen molar-refractivity contribution in [2.75, 3.05) is 16.4 Å². The van der Waals surface area contributed by atoms with Gasteiger partial charge in [0.25, 0.3) is 5.91 Å². The second-order valence-corrected chi connectivity index (χ2v) is 11.5. The van der Waals surface area contributed by atoms with E-state index in [4.69, 9.17) is 0 Å². The number of aliphatic imine (C=N–C) groups is 1. The number of rotatable bonds is 3. The molecule has 0 bridgehead atoms. The van der Waals surface area contributed by atoms with Crippen LogP contribution >= 0.6 is 27.7 Å². The van der Waals surface area contributed by atoms with E-state index in [1.54, 1.807) is 17.0 Å². The molecule has 0 N–H and O–H groups in total. The maximum Gasteiger partial charge on any atom is 0.252 e.